The average molecular weight is 430 g/mol. The number of rotatable bonds is 6. The molecule has 1 aliphatic heterocycles. The first-order valence-corrected chi connectivity index (χ1v) is 11.1. The zero-order valence-corrected chi connectivity index (χ0v) is 17.9. The van der Waals surface area contributed by atoms with Crippen LogP contribution in [0.2, 0.25) is 5.02 Å². The summed E-state index contributed by atoms with van der Waals surface area (Å²) in [7, 11) is 0. The molecule has 1 aliphatic carbocycles. The zero-order chi connectivity index (χ0) is 20.9. The van der Waals surface area contributed by atoms with Gasteiger partial charge in [0.2, 0.25) is 5.91 Å². The van der Waals surface area contributed by atoms with Crippen LogP contribution in [0.25, 0.3) is 0 Å². The molecule has 1 aromatic heterocycles. The van der Waals surface area contributed by atoms with Gasteiger partial charge in [0.1, 0.15) is 5.82 Å². The van der Waals surface area contributed by atoms with Crippen LogP contribution in [-0.4, -0.2) is 64.1 Å². The highest BCUT2D eigenvalue weighted by molar-refractivity contribution is 6.30. The lowest BCUT2D eigenvalue weighted by atomic mass is 10.2. The smallest absolute Gasteiger partial charge is 0.253 e. The van der Waals surface area contributed by atoms with Crippen molar-refractivity contribution >= 4 is 29.2 Å². The van der Waals surface area contributed by atoms with Gasteiger partial charge in [0.05, 0.1) is 12.2 Å². The molecular formula is C22H28ClN5O2. The third-order valence-electron chi connectivity index (χ3n) is 6.01. The number of amides is 2. The monoisotopic (exact) mass is 429 g/mol. The van der Waals surface area contributed by atoms with E-state index in [2.05, 4.69) is 15.3 Å². The number of hydrogen-bond acceptors (Lipinski definition) is 4. The van der Waals surface area contributed by atoms with Crippen molar-refractivity contribution in [3.05, 3.63) is 47.1 Å². The van der Waals surface area contributed by atoms with Crippen molar-refractivity contribution in [3.63, 3.8) is 0 Å². The summed E-state index contributed by atoms with van der Waals surface area (Å²) in [5.41, 5.74) is 0.658. The lowest BCUT2D eigenvalue weighted by Gasteiger charge is -2.34. The minimum absolute atomic E-state index is 0.00872. The van der Waals surface area contributed by atoms with E-state index in [1.54, 1.807) is 30.5 Å². The summed E-state index contributed by atoms with van der Waals surface area (Å²) in [4.78, 5) is 29.1. The van der Waals surface area contributed by atoms with E-state index in [1.165, 1.54) is 12.8 Å². The Morgan fingerprint density at radius 3 is 2.43 bits per heavy atom. The third-order valence-corrected chi connectivity index (χ3v) is 6.27. The highest BCUT2D eigenvalue weighted by Crippen LogP contribution is 2.31. The maximum atomic E-state index is 12.6. The summed E-state index contributed by atoms with van der Waals surface area (Å²) in [6, 6.07) is 9.28. The Hall–Kier alpha value is -2.38. The molecule has 0 spiro atoms. The lowest BCUT2D eigenvalue weighted by molar-refractivity contribution is -0.116. The number of anilines is 1. The molecule has 2 fully saturated rings. The number of piperazine rings is 1. The van der Waals surface area contributed by atoms with Crippen LogP contribution < -0.4 is 5.32 Å². The Bertz CT molecular complexity index is 868. The van der Waals surface area contributed by atoms with Gasteiger partial charge in [-0.1, -0.05) is 24.4 Å². The predicted octanol–water partition coefficient (Wildman–Crippen LogP) is 3.44. The van der Waals surface area contributed by atoms with Crippen LogP contribution in [-0.2, 0) is 4.79 Å². The largest absolute Gasteiger partial charge is 0.336 e. The molecule has 0 bridgehead atoms. The molecular weight excluding hydrogens is 402 g/mol. The molecule has 7 nitrogen and oxygen atoms in total. The number of aromatic nitrogens is 2. The number of carbonyl (C=O) groups excluding carboxylic acids is 2. The lowest BCUT2D eigenvalue weighted by Crippen LogP contribution is -2.49. The molecule has 0 radical (unpaired) electrons. The summed E-state index contributed by atoms with van der Waals surface area (Å²) in [5, 5.41) is 8.05. The molecule has 1 aromatic carbocycles. The molecule has 1 saturated carbocycles. The fourth-order valence-corrected chi connectivity index (χ4v) is 4.39. The molecule has 160 valence electrons. The molecule has 0 atom stereocenters. The van der Waals surface area contributed by atoms with Crippen molar-refractivity contribution in [2.24, 2.45) is 0 Å². The molecule has 1 saturated heterocycles. The first-order chi connectivity index (χ1) is 14.6. The Morgan fingerprint density at radius 1 is 1.03 bits per heavy atom. The summed E-state index contributed by atoms with van der Waals surface area (Å²) >= 11 is 5.90. The van der Waals surface area contributed by atoms with E-state index in [1.807, 2.05) is 15.6 Å². The Morgan fingerprint density at radius 2 is 1.73 bits per heavy atom. The maximum absolute atomic E-state index is 12.6. The predicted molar refractivity (Wildman–Crippen MR) is 117 cm³/mol. The van der Waals surface area contributed by atoms with E-state index < -0.39 is 0 Å². The highest BCUT2D eigenvalue weighted by atomic mass is 35.5. The van der Waals surface area contributed by atoms with Gasteiger partial charge in [-0.15, -0.1) is 0 Å². The summed E-state index contributed by atoms with van der Waals surface area (Å²) in [5.74, 6) is 0.837. The van der Waals surface area contributed by atoms with Crippen LogP contribution in [0.15, 0.2) is 36.5 Å². The minimum Gasteiger partial charge on any atom is -0.336 e. The number of nitrogens with one attached hydrogen (secondary N) is 1. The van der Waals surface area contributed by atoms with E-state index in [-0.39, 0.29) is 11.8 Å². The first-order valence-electron chi connectivity index (χ1n) is 10.7. The van der Waals surface area contributed by atoms with Crippen LogP contribution in [0.1, 0.15) is 48.5 Å². The van der Waals surface area contributed by atoms with Crippen molar-refractivity contribution < 1.29 is 9.59 Å². The van der Waals surface area contributed by atoms with Crippen molar-refractivity contribution in [1.82, 2.24) is 19.6 Å². The van der Waals surface area contributed by atoms with E-state index in [4.69, 9.17) is 11.6 Å². The second kappa shape index (κ2) is 9.62. The fourth-order valence-electron chi connectivity index (χ4n) is 4.27. The first kappa shape index (κ1) is 20.9. The number of carbonyl (C=O) groups is 2. The van der Waals surface area contributed by atoms with Crippen LogP contribution in [0.4, 0.5) is 5.82 Å². The summed E-state index contributed by atoms with van der Waals surface area (Å²) < 4.78 is 1.96. The van der Waals surface area contributed by atoms with Gasteiger partial charge in [0, 0.05) is 55.8 Å². The molecule has 30 heavy (non-hydrogen) atoms. The zero-order valence-electron chi connectivity index (χ0n) is 17.1. The van der Waals surface area contributed by atoms with Crippen molar-refractivity contribution in [3.8, 4) is 0 Å². The number of hydrogen-bond donors (Lipinski definition) is 1. The topological polar surface area (TPSA) is 70.5 Å². The van der Waals surface area contributed by atoms with Gasteiger partial charge in [0.15, 0.2) is 0 Å². The van der Waals surface area contributed by atoms with Gasteiger partial charge in [-0.2, -0.15) is 5.10 Å². The van der Waals surface area contributed by atoms with Gasteiger partial charge < -0.3 is 10.2 Å². The normalized spacial score (nSPS) is 18.0. The third kappa shape index (κ3) is 5.02. The molecule has 8 heteroatoms. The second-order valence-corrected chi connectivity index (χ2v) is 8.47. The standard InChI is InChI=1S/C22H28ClN5O2/c23-18-7-5-17(6-8-18)22(30)27-15-13-26(14-16-27)12-10-21(29)25-20-9-11-24-28(20)19-3-1-2-4-19/h5-9,11,19H,1-4,10,12-16H2,(H,25,29). The van der Waals surface area contributed by atoms with E-state index >= 15 is 0 Å². The van der Waals surface area contributed by atoms with Crippen LogP contribution in [0.3, 0.4) is 0 Å². The van der Waals surface area contributed by atoms with Crippen molar-refractivity contribution in [1.29, 1.82) is 0 Å². The molecule has 2 aromatic rings. The number of halogens is 1. The average Bonchev–Trinajstić information content (AvgIpc) is 3.44. The van der Waals surface area contributed by atoms with E-state index in [0.29, 0.717) is 42.7 Å². The van der Waals surface area contributed by atoms with Crippen LogP contribution in [0, 0.1) is 0 Å². The minimum atomic E-state index is 0.00872. The molecule has 4 rings (SSSR count). The van der Waals surface area contributed by atoms with Gasteiger partial charge in [-0.05, 0) is 37.1 Å². The van der Waals surface area contributed by atoms with Crippen LogP contribution in [0.5, 0.6) is 0 Å². The molecule has 1 N–H and O–H groups in total. The van der Waals surface area contributed by atoms with E-state index in [9.17, 15) is 9.59 Å². The molecule has 0 unspecified atom stereocenters. The molecule has 2 heterocycles. The number of nitrogens with zero attached hydrogens (tertiary/aromatic N) is 4. The van der Waals surface area contributed by atoms with Gasteiger partial charge in [0.25, 0.3) is 5.91 Å². The van der Waals surface area contributed by atoms with Gasteiger partial charge in [-0.25, -0.2) is 4.68 Å². The molecule has 2 aliphatic rings. The van der Waals surface area contributed by atoms with Crippen LogP contribution >= 0.6 is 11.6 Å². The van der Waals surface area contributed by atoms with Crippen molar-refractivity contribution in [2.75, 3.05) is 38.0 Å². The second-order valence-electron chi connectivity index (χ2n) is 8.04. The van der Waals surface area contributed by atoms with E-state index in [0.717, 1.165) is 31.7 Å². The Balaban J connectivity index is 1.21. The Kier molecular flexibility index (Phi) is 6.69. The SMILES string of the molecule is O=C(CCN1CCN(C(=O)c2ccc(Cl)cc2)CC1)Nc1ccnn1C1CCCC1. The highest BCUT2D eigenvalue weighted by Gasteiger charge is 2.23. The number of benzene rings is 1. The summed E-state index contributed by atoms with van der Waals surface area (Å²) in [6.07, 6.45) is 6.90. The molecule has 2 amide bonds. The summed E-state index contributed by atoms with van der Waals surface area (Å²) in [6.45, 7) is 3.56. The van der Waals surface area contributed by atoms with Crippen molar-refractivity contribution in [2.45, 2.75) is 38.1 Å². The Labute approximate surface area is 182 Å². The fraction of sp³-hybridized carbons (Fsp3) is 0.500. The maximum Gasteiger partial charge on any atom is 0.253 e. The van der Waals surface area contributed by atoms with Gasteiger partial charge in [-0.3, -0.25) is 14.5 Å². The van der Waals surface area contributed by atoms with Gasteiger partial charge >= 0.3 is 0 Å². The quantitative estimate of drug-likeness (QED) is 0.763.